The maximum Gasteiger partial charge on any atom is 0.407 e. The number of benzene rings is 1. The van der Waals surface area contributed by atoms with E-state index in [4.69, 9.17) is 9.47 Å². The van der Waals surface area contributed by atoms with Gasteiger partial charge in [-0.2, -0.15) is 0 Å². The molecule has 0 bridgehead atoms. The van der Waals surface area contributed by atoms with Gasteiger partial charge in [-0.3, -0.25) is 0 Å². The monoisotopic (exact) mass is 321 g/mol. The molecule has 0 unspecified atom stereocenters. The zero-order valence-corrected chi connectivity index (χ0v) is 13.8. The third-order valence-electron chi connectivity index (χ3n) is 4.20. The number of rotatable bonds is 7. The third kappa shape index (κ3) is 6.10. The minimum absolute atomic E-state index is 0.161. The van der Waals surface area contributed by atoms with Gasteiger partial charge in [0.25, 0.3) is 0 Å². The van der Waals surface area contributed by atoms with Gasteiger partial charge in [0.05, 0.1) is 6.10 Å². The number of carbonyl (C=O) groups excluding carboxylic acids is 1. The predicted octanol–water partition coefficient (Wildman–Crippen LogP) is 2.91. The van der Waals surface area contributed by atoms with Gasteiger partial charge in [0, 0.05) is 6.54 Å². The fourth-order valence-electron chi connectivity index (χ4n) is 2.94. The summed E-state index contributed by atoms with van der Waals surface area (Å²) in [5.41, 5.74) is 1.22. The zero-order valence-electron chi connectivity index (χ0n) is 13.8. The molecular weight excluding hydrogens is 294 g/mol. The summed E-state index contributed by atoms with van der Waals surface area (Å²) in [6, 6.07) is 7.94. The van der Waals surface area contributed by atoms with E-state index >= 15 is 0 Å². The van der Waals surface area contributed by atoms with Gasteiger partial charge >= 0.3 is 6.09 Å². The molecule has 1 fully saturated rings. The summed E-state index contributed by atoms with van der Waals surface area (Å²) in [6.45, 7) is 2.95. The first kappa shape index (κ1) is 17.6. The smallest absolute Gasteiger partial charge is 0.407 e. The summed E-state index contributed by atoms with van der Waals surface area (Å²) in [6.07, 6.45) is 4.73. The number of nitrogens with one attached hydrogen (secondary N) is 1. The van der Waals surface area contributed by atoms with E-state index in [1.54, 1.807) is 0 Å². The van der Waals surface area contributed by atoms with Crippen LogP contribution in [0.3, 0.4) is 0 Å². The second kappa shape index (κ2) is 9.40. The van der Waals surface area contributed by atoms with E-state index in [0.29, 0.717) is 19.1 Å². The largest absolute Gasteiger partial charge is 0.490 e. The number of aliphatic hydroxyl groups is 1. The molecular formula is C18H27NO4. The second-order valence-electron chi connectivity index (χ2n) is 5.97. The summed E-state index contributed by atoms with van der Waals surface area (Å²) >= 11 is 0. The molecule has 1 saturated carbocycles. The third-order valence-corrected chi connectivity index (χ3v) is 4.20. The van der Waals surface area contributed by atoms with Crippen LogP contribution in [-0.4, -0.2) is 37.1 Å². The first-order valence-corrected chi connectivity index (χ1v) is 8.49. The number of ether oxygens (including phenoxy) is 2. The Balaban J connectivity index is 1.70. The van der Waals surface area contributed by atoms with Crippen molar-refractivity contribution in [2.24, 2.45) is 5.92 Å². The first-order valence-electron chi connectivity index (χ1n) is 8.49. The van der Waals surface area contributed by atoms with Gasteiger partial charge in [-0.1, -0.05) is 25.0 Å². The Labute approximate surface area is 138 Å². The van der Waals surface area contributed by atoms with Gasteiger partial charge in [0.15, 0.2) is 0 Å². The van der Waals surface area contributed by atoms with Gasteiger partial charge in [-0.15, -0.1) is 0 Å². The number of carbonyl (C=O) groups is 1. The lowest BCUT2D eigenvalue weighted by atomic mass is 9.82. The van der Waals surface area contributed by atoms with Crippen molar-refractivity contribution in [3.8, 4) is 5.75 Å². The van der Waals surface area contributed by atoms with Crippen LogP contribution in [0.15, 0.2) is 24.3 Å². The number of hydrogen-bond acceptors (Lipinski definition) is 4. The van der Waals surface area contributed by atoms with Crippen molar-refractivity contribution >= 4 is 6.09 Å². The van der Waals surface area contributed by atoms with Crippen LogP contribution in [0.4, 0.5) is 4.79 Å². The zero-order chi connectivity index (χ0) is 16.5. The molecule has 2 atom stereocenters. The number of aliphatic hydroxyl groups excluding tert-OH is 1. The van der Waals surface area contributed by atoms with Crippen molar-refractivity contribution in [3.63, 3.8) is 0 Å². The average molecular weight is 321 g/mol. The van der Waals surface area contributed by atoms with E-state index in [9.17, 15) is 9.90 Å². The molecule has 0 saturated heterocycles. The Morgan fingerprint density at radius 3 is 2.65 bits per heavy atom. The van der Waals surface area contributed by atoms with Crippen LogP contribution in [0.1, 0.15) is 38.2 Å². The lowest BCUT2D eigenvalue weighted by Gasteiger charge is -2.27. The molecule has 2 N–H and O–H groups in total. The first-order chi connectivity index (χ1) is 11.2. The summed E-state index contributed by atoms with van der Waals surface area (Å²) in [7, 11) is 0. The molecule has 1 aromatic carbocycles. The molecule has 0 spiro atoms. The Kier molecular flexibility index (Phi) is 7.20. The summed E-state index contributed by atoms with van der Waals surface area (Å²) in [5.74, 6) is 1.14. The van der Waals surface area contributed by atoms with E-state index in [1.807, 2.05) is 31.2 Å². The van der Waals surface area contributed by atoms with Gasteiger partial charge in [0.2, 0.25) is 0 Å². The van der Waals surface area contributed by atoms with E-state index in [2.05, 4.69) is 5.32 Å². The van der Waals surface area contributed by atoms with Crippen molar-refractivity contribution in [3.05, 3.63) is 29.8 Å². The van der Waals surface area contributed by atoms with Crippen molar-refractivity contribution in [1.29, 1.82) is 0 Å². The predicted molar refractivity (Wildman–Crippen MR) is 88.6 cm³/mol. The molecule has 0 heterocycles. The fraction of sp³-hybridized carbons (Fsp3) is 0.611. The maximum absolute atomic E-state index is 11.1. The van der Waals surface area contributed by atoms with E-state index in [0.717, 1.165) is 31.4 Å². The SMILES string of the molecule is CCNC(=O)OCCOc1ccc(C[C@@H]2CCCC[C@H]2O)cc1. The van der Waals surface area contributed by atoms with E-state index in [-0.39, 0.29) is 12.7 Å². The van der Waals surface area contributed by atoms with Crippen molar-refractivity contribution < 1.29 is 19.4 Å². The van der Waals surface area contributed by atoms with Crippen LogP contribution in [0.2, 0.25) is 0 Å². The van der Waals surface area contributed by atoms with E-state index in [1.165, 1.54) is 12.0 Å². The van der Waals surface area contributed by atoms with Crippen LogP contribution >= 0.6 is 0 Å². The molecule has 1 aliphatic rings. The lowest BCUT2D eigenvalue weighted by Crippen LogP contribution is -2.26. The van der Waals surface area contributed by atoms with Gasteiger partial charge in [-0.25, -0.2) is 4.79 Å². The van der Waals surface area contributed by atoms with Gasteiger partial charge in [-0.05, 0) is 49.8 Å². The topological polar surface area (TPSA) is 67.8 Å². The molecule has 5 nitrogen and oxygen atoms in total. The van der Waals surface area contributed by atoms with Gasteiger partial charge in [0.1, 0.15) is 19.0 Å². The number of alkyl carbamates (subject to hydrolysis) is 1. The summed E-state index contributed by atoms with van der Waals surface area (Å²) < 4.78 is 10.5. The van der Waals surface area contributed by atoms with Crippen LogP contribution in [0, 0.1) is 5.92 Å². The summed E-state index contributed by atoms with van der Waals surface area (Å²) in [4.78, 5) is 11.1. The molecule has 5 heteroatoms. The minimum Gasteiger partial charge on any atom is -0.490 e. The second-order valence-corrected chi connectivity index (χ2v) is 5.97. The molecule has 0 aromatic heterocycles. The highest BCUT2D eigenvalue weighted by Crippen LogP contribution is 2.27. The van der Waals surface area contributed by atoms with Crippen LogP contribution < -0.4 is 10.1 Å². The Morgan fingerprint density at radius 2 is 1.96 bits per heavy atom. The standard InChI is InChI=1S/C18H27NO4/c1-2-19-18(21)23-12-11-22-16-9-7-14(8-10-16)13-15-5-3-4-6-17(15)20/h7-10,15,17,20H,2-6,11-13H2,1H3,(H,19,21)/t15-,17+/m0/s1. The number of hydrogen-bond donors (Lipinski definition) is 2. The quantitative estimate of drug-likeness (QED) is 0.758. The number of amides is 1. The van der Waals surface area contributed by atoms with Crippen LogP contribution in [0.25, 0.3) is 0 Å². The molecule has 0 aliphatic heterocycles. The van der Waals surface area contributed by atoms with Gasteiger partial charge < -0.3 is 19.9 Å². The van der Waals surface area contributed by atoms with Crippen molar-refractivity contribution in [2.75, 3.05) is 19.8 Å². The Bertz CT molecular complexity index is 474. The van der Waals surface area contributed by atoms with Crippen molar-refractivity contribution in [2.45, 2.75) is 45.1 Å². The normalized spacial score (nSPS) is 20.8. The maximum atomic E-state index is 11.1. The highest BCUT2D eigenvalue weighted by atomic mass is 16.6. The molecule has 1 aromatic rings. The molecule has 23 heavy (non-hydrogen) atoms. The Hall–Kier alpha value is -1.75. The van der Waals surface area contributed by atoms with E-state index < -0.39 is 6.09 Å². The molecule has 1 aliphatic carbocycles. The summed E-state index contributed by atoms with van der Waals surface area (Å²) in [5, 5.41) is 12.6. The highest BCUT2D eigenvalue weighted by molar-refractivity contribution is 5.66. The van der Waals surface area contributed by atoms with Crippen molar-refractivity contribution in [1.82, 2.24) is 5.32 Å². The van der Waals surface area contributed by atoms with Crippen LogP contribution in [0.5, 0.6) is 5.75 Å². The lowest BCUT2D eigenvalue weighted by molar-refractivity contribution is 0.0700. The fourth-order valence-corrected chi connectivity index (χ4v) is 2.94. The molecule has 128 valence electrons. The molecule has 1 amide bonds. The molecule has 2 rings (SSSR count). The minimum atomic E-state index is -0.419. The Morgan fingerprint density at radius 1 is 1.22 bits per heavy atom. The molecule has 0 radical (unpaired) electrons. The van der Waals surface area contributed by atoms with Crippen LogP contribution in [-0.2, 0) is 11.2 Å². The average Bonchev–Trinajstić information content (AvgIpc) is 2.55. The highest BCUT2D eigenvalue weighted by Gasteiger charge is 2.22.